The van der Waals surface area contributed by atoms with Gasteiger partial charge in [0, 0.05) is 12.8 Å². The SMILES string of the molecule is CC/C=C\C/C=C\C/C=C\CCCCCCCC(=O)OC[C@H](COP(=O)(O)OC1C(O)C(O)C(O)[C@@H](O)C1O)OC(=O)CCCCCCCCCCCCCCCCC. The van der Waals surface area contributed by atoms with Crippen molar-refractivity contribution >= 4 is 19.8 Å². The minimum atomic E-state index is -5.12. The van der Waals surface area contributed by atoms with Crippen molar-refractivity contribution in [3.8, 4) is 0 Å². The van der Waals surface area contributed by atoms with E-state index in [1.165, 1.54) is 64.2 Å². The summed E-state index contributed by atoms with van der Waals surface area (Å²) >= 11 is 0. The van der Waals surface area contributed by atoms with Gasteiger partial charge in [0.25, 0.3) is 0 Å². The van der Waals surface area contributed by atoms with E-state index in [9.17, 15) is 44.6 Å². The van der Waals surface area contributed by atoms with Gasteiger partial charge in [0.2, 0.25) is 0 Å². The standard InChI is InChI=1S/C45H81O13P/c1-3-5-7-9-11-13-15-17-19-21-23-25-27-29-31-33-38(46)55-35-37(36-56-59(53,54)58-45-43(51)41(49)40(48)42(50)44(45)52)57-39(47)34-32-30-28-26-24-22-20-18-16-14-12-10-8-6-4-2/h5,7,11,13,17,19,37,40-45,48-52H,3-4,6,8-10,12,14-16,18,20-36H2,1-2H3,(H,53,54)/b7-5-,13-11-,19-17-/t37-,40?,41-,42?,43?,44?,45?/m1/s1. The summed E-state index contributed by atoms with van der Waals surface area (Å²) in [5.74, 6) is -1.12. The summed E-state index contributed by atoms with van der Waals surface area (Å²) < 4.78 is 33.5. The molecule has 8 atom stereocenters. The van der Waals surface area contributed by atoms with Crippen LogP contribution in [-0.2, 0) is 32.7 Å². The van der Waals surface area contributed by atoms with Gasteiger partial charge >= 0.3 is 19.8 Å². The summed E-state index contributed by atoms with van der Waals surface area (Å²) in [5.41, 5.74) is 0. The van der Waals surface area contributed by atoms with E-state index >= 15 is 0 Å². The van der Waals surface area contributed by atoms with E-state index in [0.717, 1.165) is 77.0 Å². The lowest BCUT2D eigenvalue weighted by Gasteiger charge is -2.41. The Balaban J connectivity index is 2.47. The molecule has 0 aromatic heterocycles. The summed E-state index contributed by atoms with van der Waals surface area (Å²) in [6.07, 6.45) is 26.3. The second-order valence-corrected chi connectivity index (χ2v) is 17.3. The fraction of sp³-hybridized carbons (Fsp3) is 0.822. The van der Waals surface area contributed by atoms with Crippen LogP contribution in [0.2, 0.25) is 0 Å². The van der Waals surface area contributed by atoms with Crippen molar-refractivity contribution in [1.82, 2.24) is 0 Å². The number of allylic oxidation sites excluding steroid dienone is 6. The number of hydrogen-bond acceptors (Lipinski definition) is 12. The average molecular weight is 861 g/mol. The lowest BCUT2D eigenvalue weighted by atomic mass is 9.85. The van der Waals surface area contributed by atoms with Crippen LogP contribution in [0.1, 0.15) is 181 Å². The number of hydrogen-bond donors (Lipinski definition) is 6. The Morgan fingerprint density at radius 3 is 1.47 bits per heavy atom. The van der Waals surface area contributed by atoms with E-state index in [1.54, 1.807) is 0 Å². The highest BCUT2D eigenvalue weighted by atomic mass is 31.2. The van der Waals surface area contributed by atoms with Gasteiger partial charge in [-0.15, -0.1) is 0 Å². The molecule has 6 N–H and O–H groups in total. The molecule has 1 aliphatic rings. The van der Waals surface area contributed by atoms with E-state index in [2.05, 4.69) is 50.3 Å². The van der Waals surface area contributed by atoms with Gasteiger partial charge in [-0.3, -0.25) is 18.6 Å². The highest BCUT2D eigenvalue weighted by Gasteiger charge is 2.51. The first-order chi connectivity index (χ1) is 28.4. The number of aliphatic hydroxyl groups excluding tert-OH is 5. The zero-order valence-corrected chi connectivity index (χ0v) is 37.2. The molecule has 6 unspecified atom stereocenters. The van der Waals surface area contributed by atoms with Crippen LogP contribution in [0.4, 0.5) is 0 Å². The van der Waals surface area contributed by atoms with Crippen LogP contribution in [0.5, 0.6) is 0 Å². The van der Waals surface area contributed by atoms with E-state index < -0.39 is 75.7 Å². The van der Waals surface area contributed by atoms with Gasteiger partial charge in [-0.05, 0) is 44.9 Å². The van der Waals surface area contributed by atoms with Crippen LogP contribution in [-0.4, -0.2) is 98.3 Å². The summed E-state index contributed by atoms with van der Waals surface area (Å²) in [4.78, 5) is 35.7. The quantitative estimate of drug-likeness (QED) is 0.0150. The maximum atomic E-state index is 12.8. The number of phosphoric acid groups is 1. The number of carbonyl (C=O) groups is 2. The third-order valence-electron chi connectivity index (χ3n) is 10.5. The molecule has 59 heavy (non-hydrogen) atoms. The van der Waals surface area contributed by atoms with Gasteiger partial charge in [0.1, 0.15) is 43.2 Å². The van der Waals surface area contributed by atoms with E-state index in [-0.39, 0.29) is 12.8 Å². The minimum Gasteiger partial charge on any atom is -0.462 e. The highest BCUT2D eigenvalue weighted by Crippen LogP contribution is 2.47. The number of ether oxygens (including phenoxy) is 2. The Labute approximate surface area is 355 Å². The predicted molar refractivity (Wildman–Crippen MR) is 230 cm³/mol. The number of unbranched alkanes of at least 4 members (excludes halogenated alkanes) is 19. The Morgan fingerprint density at radius 2 is 0.966 bits per heavy atom. The molecule has 1 aliphatic carbocycles. The molecule has 0 aliphatic heterocycles. The molecule has 1 rings (SSSR count). The Bertz CT molecular complexity index is 1180. The molecule has 344 valence electrons. The molecular weight excluding hydrogens is 779 g/mol. The van der Waals surface area contributed by atoms with Crippen LogP contribution in [0.15, 0.2) is 36.5 Å². The van der Waals surface area contributed by atoms with Crippen molar-refractivity contribution in [3.63, 3.8) is 0 Å². The molecule has 0 heterocycles. The molecule has 0 aromatic rings. The van der Waals surface area contributed by atoms with Crippen molar-refractivity contribution in [2.24, 2.45) is 0 Å². The number of rotatable bonds is 37. The summed E-state index contributed by atoms with van der Waals surface area (Å²) in [6, 6.07) is 0. The number of aliphatic hydroxyl groups is 5. The van der Waals surface area contributed by atoms with Crippen LogP contribution < -0.4 is 0 Å². The normalized spacial score (nSPS) is 22.6. The van der Waals surface area contributed by atoms with Crippen molar-refractivity contribution < 1.29 is 63.1 Å². The Morgan fingerprint density at radius 1 is 0.542 bits per heavy atom. The third kappa shape index (κ3) is 28.3. The molecule has 0 saturated heterocycles. The first-order valence-corrected chi connectivity index (χ1v) is 24.3. The predicted octanol–water partition coefficient (Wildman–Crippen LogP) is 8.61. The zero-order chi connectivity index (χ0) is 43.6. The van der Waals surface area contributed by atoms with Crippen LogP contribution in [0.25, 0.3) is 0 Å². The fourth-order valence-electron chi connectivity index (χ4n) is 6.83. The van der Waals surface area contributed by atoms with Crippen molar-refractivity contribution in [1.29, 1.82) is 0 Å². The minimum absolute atomic E-state index is 0.0956. The second kappa shape index (κ2) is 35.6. The molecule has 14 heteroatoms. The molecule has 0 aromatic carbocycles. The summed E-state index contributed by atoms with van der Waals surface area (Å²) in [7, 11) is -5.12. The van der Waals surface area contributed by atoms with Gasteiger partial charge in [-0.25, -0.2) is 4.57 Å². The molecular formula is C45H81O13P. The maximum Gasteiger partial charge on any atom is 0.472 e. The molecule has 0 bridgehead atoms. The molecule has 1 saturated carbocycles. The second-order valence-electron chi connectivity index (χ2n) is 15.9. The monoisotopic (exact) mass is 861 g/mol. The van der Waals surface area contributed by atoms with E-state index in [0.29, 0.717) is 12.8 Å². The van der Waals surface area contributed by atoms with Crippen LogP contribution >= 0.6 is 7.82 Å². The van der Waals surface area contributed by atoms with Crippen LogP contribution in [0.3, 0.4) is 0 Å². The first-order valence-electron chi connectivity index (χ1n) is 22.8. The topological polar surface area (TPSA) is 210 Å². The third-order valence-corrected chi connectivity index (χ3v) is 11.5. The van der Waals surface area contributed by atoms with Crippen LogP contribution in [0, 0.1) is 0 Å². The number of esters is 2. The maximum absolute atomic E-state index is 12.8. The zero-order valence-electron chi connectivity index (χ0n) is 36.3. The lowest BCUT2D eigenvalue weighted by Crippen LogP contribution is -2.64. The average Bonchev–Trinajstić information content (AvgIpc) is 3.21. The molecule has 0 spiro atoms. The molecule has 0 amide bonds. The first kappa shape index (κ1) is 55.1. The Kier molecular flexibility index (Phi) is 33.3. The summed E-state index contributed by atoms with van der Waals surface area (Å²) in [5, 5.41) is 50.1. The van der Waals surface area contributed by atoms with Crippen molar-refractivity contribution in [3.05, 3.63) is 36.5 Å². The fourth-order valence-corrected chi connectivity index (χ4v) is 7.80. The van der Waals surface area contributed by atoms with Gasteiger partial charge < -0.3 is 39.9 Å². The lowest BCUT2D eigenvalue weighted by molar-refractivity contribution is -0.220. The van der Waals surface area contributed by atoms with Gasteiger partial charge in [-0.1, -0.05) is 159 Å². The molecule has 0 radical (unpaired) electrons. The van der Waals surface area contributed by atoms with Gasteiger partial charge in [-0.2, -0.15) is 0 Å². The molecule has 1 fully saturated rings. The van der Waals surface area contributed by atoms with E-state index in [4.69, 9.17) is 18.5 Å². The largest absolute Gasteiger partial charge is 0.472 e. The van der Waals surface area contributed by atoms with Crippen molar-refractivity contribution in [2.75, 3.05) is 13.2 Å². The van der Waals surface area contributed by atoms with Gasteiger partial charge in [0.05, 0.1) is 6.61 Å². The number of carbonyl (C=O) groups excluding carboxylic acids is 2. The molecule has 13 nitrogen and oxygen atoms in total. The van der Waals surface area contributed by atoms with Gasteiger partial charge in [0.15, 0.2) is 6.10 Å². The van der Waals surface area contributed by atoms with Crippen molar-refractivity contribution in [2.45, 2.75) is 224 Å². The Hall–Kier alpha value is -1.93. The van der Waals surface area contributed by atoms with E-state index in [1.807, 2.05) is 0 Å². The smallest absolute Gasteiger partial charge is 0.462 e. The number of phosphoric ester groups is 1. The highest BCUT2D eigenvalue weighted by molar-refractivity contribution is 7.47. The summed E-state index contributed by atoms with van der Waals surface area (Å²) in [6.45, 7) is 3.17.